The summed E-state index contributed by atoms with van der Waals surface area (Å²) in [4.78, 5) is 32.5. The minimum atomic E-state index is -1.06. The molecule has 2 aromatic heterocycles. The Morgan fingerprint density at radius 3 is 2.53 bits per heavy atom. The highest BCUT2D eigenvalue weighted by atomic mass is 32.1. The number of benzene rings is 2. The van der Waals surface area contributed by atoms with Crippen molar-refractivity contribution in [1.82, 2.24) is 4.98 Å². The van der Waals surface area contributed by atoms with E-state index in [1.807, 2.05) is 13.8 Å². The molecule has 2 aromatic carbocycles. The summed E-state index contributed by atoms with van der Waals surface area (Å²) in [5, 5.41) is 13.1. The van der Waals surface area contributed by atoms with Gasteiger partial charge >= 0.3 is 5.91 Å². The Hall–Kier alpha value is -3.63. The molecule has 3 heterocycles. The van der Waals surface area contributed by atoms with Crippen LogP contribution in [0.1, 0.15) is 30.3 Å². The third kappa shape index (κ3) is 4.27. The number of Topliss-reactive ketones (excluding diaryl/α,β-unsaturated/α-hetero) is 1. The molecule has 0 spiro atoms. The number of halogens is 2. The zero-order valence-corrected chi connectivity index (χ0v) is 20.8. The highest BCUT2D eigenvalue weighted by Crippen LogP contribution is 2.45. The summed E-state index contributed by atoms with van der Waals surface area (Å²) in [5.74, 6) is -3.22. The summed E-state index contributed by atoms with van der Waals surface area (Å²) in [6.07, 6.45) is 0. The number of aromatic nitrogens is 1. The number of aliphatic hydroxyl groups excluding tert-OH is 1. The maximum Gasteiger partial charge on any atom is 0.301 e. The summed E-state index contributed by atoms with van der Waals surface area (Å²) < 4.78 is 33.5. The van der Waals surface area contributed by atoms with Gasteiger partial charge < -0.3 is 9.84 Å². The Bertz CT molecular complexity index is 1460. The Kier molecular flexibility index (Phi) is 6.31. The molecule has 10 heteroatoms. The molecule has 1 aliphatic rings. The number of amides is 1. The lowest BCUT2D eigenvalue weighted by Gasteiger charge is -2.21. The van der Waals surface area contributed by atoms with Gasteiger partial charge in [0.05, 0.1) is 22.4 Å². The minimum Gasteiger partial charge on any atom is -0.507 e. The van der Waals surface area contributed by atoms with Gasteiger partial charge in [-0.15, -0.1) is 11.3 Å². The van der Waals surface area contributed by atoms with Gasteiger partial charge in [0.15, 0.2) is 16.8 Å². The lowest BCUT2D eigenvalue weighted by atomic mass is 10.00. The second kappa shape index (κ2) is 9.44. The van der Waals surface area contributed by atoms with Crippen LogP contribution in [-0.2, 0) is 9.59 Å². The molecule has 1 aliphatic heterocycles. The lowest BCUT2D eigenvalue weighted by Crippen LogP contribution is -2.28. The lowest BCUT2D eigenvalue weighted by molar-refractivity contribution is -0.132. The van der Waals surface area contributed by atoms with Gasteiger partial charge in [-0.1, -0.05) is 31.3 Å². The average molecular weight is 527 g/mol. The van der Waals surface area contributed by atoms with Crippen molar-refractivity contribution in [3.8, 4) is 5.75 Å². The molecule has 36 heavy (non-hydrogen) atoms. The Morgan fingerprint density at radius 1 is 1.14 bits per heavy atom. The first-order chi connectivity index (χ1) is 17.2. The Labute approximate surface area is 213 Å². The highest BCUT2D eigenvalue weighted by molar-refractivity contribution is 7.22. The fourth-order valence-corrected chi connectivity index (χ4v) is 5.71. The number of thiazole rings is 1. The molecule has 0 bridgehead atoms. The number of rotatable bonds is 6. The van der Waals surface area contributed by atoms with E-state index in [2.05, 4.69) is 4.98 Å². The topological polar surface area (TPSA) is 79.7 Å². The zero-order chi connectivity index (χ0) is 25.6. The molecule has 1 saturated heterocycles. The maximum absolute atomic E-state index is 13.8. The number of fused-ring (bicyclic) bond motifs is 1. The van der Waals surface area contributed by atoms with Crippen LogP contribution in [0.15, 0.2) is 59.5 Å². The van der Waals surface area contributed by atoms with Crippen LogP contribution in [-0.4, -0.2) is 28.4 Å². The number of hydrogen-bond donors (Lipinski definition) is 1. The van der Waals surface area contributed by atoms with E-state index >= 15 is 0 Å². The van der Waals surface area contributed by atoms with Gasteiger partial charge in [0.1, 0.15) is 17.6 Å². The van der Waals surface area contributed by atoms with Crippen LogP contribution in [0.5, 0.6) is 5.75 Å². The quantitative estimate of drug-likeness (QED) is 0.181. The van der Waals surface area contributed by atoms with Gasteiger partial charge in [0.25, 0.3) is 5.78 Å². The number of carbonyl (C=O) groups is 2. The first-order valence-corrected chi connectivity index (χ1v) is 12.8. The van der Waals surface area contributed by atoms with Crippen LogP contribution < -0.4 is 9.64 Å². The van der Waals surface area contributed by atoms with Crippen molar-refractivity contribution in [3.63, 3.8) is 0 Å². The van der Waals surface area contributed by atoms with E-state index in [9.17, 15) is 23.5 Å². The molecule has 1 N–H and O–H groups in total. The van der Waals surface area contributed by atoms with E-state index in [0.717, 1.165) is 23.5 Å². The van der Waals surface area contributed by atoms with Crippen molar-refractivity contribution in [2.45, 2.75) is 19.9 Å². The molecular weight excluding hydrogens is 506 g/mol. The van der Waals surface area contributed by atoms with Gasteiger partial charge in [0, 0.05) is 16.5 Å². The van der Waals surface area contributed by atoms with Crippen molar-refractivity contribution in [1.29, 1.82) is 0 Å². The molecule has 1 unspecified atom stereocenters. The van der Waals surface area contributed by atoms with Crippen molar-refractivity contribution >= 4 is 55.5 Å². The van der Waals surface area contributed by atoms with Crippen LogP contribution in [0.25, 0.3) is 16.0 Å². The van der Waals surface area contributed by atoms with Gasteiger partial charge in [-0.2, -0.15) is 0 Å². The van der Waals surface area contributed by atoms with Gasteiger partial charge in [-0.25, -0.2) is 13.8 Å². The third-order valence-electron chi connectivity index (χ3n) is 5.59. The average Bonchev–Trinajstić information content (AvgIpc) is 3.57. The summed E-state index contributed by atoms with van der Waals surface area (Å²) in [7, 11) is 0. The second-order valence-electron chi connectivity index (χ2n) is 8.64. The van der Waals surface area contributed by atoms with Crippen molar-refractivity contribution < 1.29 is 28.2 Å². The summed E-state index contributed by atoms with van der Waals surface area (Å²) >= 11 is 2.27. The summed E-state index contributed by atoms with van der Waals surface area (Å²) in [5.41, 5.74) is 0.424. The maximum atomic E-state index is 13.8. The molecule has 6 nitrogen and oxygen atoms in total. The SMILES string of the molecule is CC(C)COc1ccc(/C(O)=C2\C(=O)C(=O)N(c3nc4cc(F)c(F)cc4s3)C2c2cccs2)cc1. The minimum absolute atomic E-state index is 0.0880. The van der Waals surface area contributed by atoms with Crippen molar-refractivity contribution in [2.24, 2.45) is 5.92 Å². The Morgan fingerprint density at radius 2 is 1.86 bits per heavy atom. The van der Waals surface area contributed by atoms with E-state index in [1.165, 1.54) is 16.2 Å². The first kappa shape index (κ1) is 24.1. The normalized spacial score (nSPS) is 17.5. The van der Waals surface area contributed by atoms with Crippen LogP contribution in [0.4, 0.5) is 13.9 Å². The predicted molar refractivity (Wildman–Crippen MR) is 135 cm³/mol. The fraction of sp³-hybridized carbons (Fsp3) is 0.192. The molecule has 0 saturated carbocycles. The Balaban J connectivity index is 1.59. The largest absolute Gasteiger partial charge is 0.507 e. The number of hydrogen-bond acceptors (Lipinski definition) is 7. The first-order valence-electron chi connectivity index (χ1n) is 11.1. The molecule has 184 valence electrons. The third-order valence-corrected chi connectivity index (χ3v) is 7.54. The van der Waals surface area contributed by atoms with Gasteiger partial charge in [-0.3, -0.25) is 14.5 Å². The molecule has 4 aromatic rings. The standard InChI is InChI=1S/C26H20F2N2O4S2/c1-13(2)12-34-15-7-5-14(6-8-15)23(31)21-22(19-4-3-9-35-19)30(25(33)24(21)32)26-29-18-10-16(27)17(28)11-20(18)36-26/h3-11,13,22,31H,12H2,1-2H3/b23-21+. The predicted octanol–water partition coefficient (Wildman–Crippen LogP) is 6.30. The molecule has 1 fully saturated rings. The molecule has 0 aliphatic carbocycles. The van der Waals surface area contributed by atoms with E-state index in [-0.39, 0.29) is 22.0 Å². The molecule has 5 rings (SSSR count). The van der Waals surface area contributed by atoms with Crippen LogP contribution >= 0.6 is 22.7 Å². The zero-order valence-electron chi connectivity index (χ0n) is 19.2. The summed E-state index contributed by atoms with van der Waals surface area (Å²) in [6, 6.07) is 11.1. The number of ketones is 1. The number of carbonyl (C=O) groups excluding carboxylic acids is 2. The van der Waals surface area contributed by atoms with E-state index < -0.39 is 29.4 Å². The fourth-order valence-electron chi connectivity index (χ4n) is 3.89. The smallest absolute Gasteiger partial charge is 0.301 e. The van der Waals surface area contributed by atoms with Gasteiger partial charge in [-0.05, 0) is 47.7 Å². The summed E-state index contributed by atoms with van der Waals surface area (Å²) in [6.45, 7) is 4.59. The van der Waals surface area contributed by atoms with Gasteiger partial charge in [0.2, 0.25) is 0 Å². The number of nitrogens with zero attached hydrogens (tertiary/aromatic N) is 2. The number of thiophene rings is 1. The number of ether oxygens (including phenoxy) is 1. The monoisotopic (exact) mass is 526 g/mol. The van der Waals surface area contributed by atoms with Crippen LogP contribution in [0, 0.1) is 17.6 Å². The van der Waals surface area contributed by atoms with Crippen molar-refractivity contribution in [2.75, 3.05) is 11.5 Å². The molecular formula is C26H20F2N2O4S2. The highest BCUT2D eigenvalue weighted by Gasteiger charge is 2.48. The van der Waals surface area contributed by atoms with E-state index in [4.69, 9.17) is 4.74 Å². The van der Waals surface area contributed by atoms with Crippen LogP contribution in [0.3, 0.4) is 0 Å². The number of anilines is 1. The molecule has 1 amide bonds. The van der Waals surface area contributed by atoms with E-state index in [0.29, 0.717) is 33.4 Å². The van der Waals surface area contributed by atoms with E-state index in [1.54, 1.807) is 41.8 Å². The van der Waals surface area contributed by atoms with Crippen molar-refractivity contribution in [3.05, 3.63) is 81.6 Å². The number of aliphatic hydroxyl groups is 1. The molecule has 1 atom stereocenters. The molecule has 0 radical (unpaired) electrons. The second-order valence-corrected chi connectivity index (χ2v) is 10.6. The van der Waals surface area contributed by atoms with Crippen LogP contribution in [0.2, 0.25) is 0 Å².